The number of nitrogens with zero attached hydrogens (tertiary/aromatic N) is 4. The zero-order chi connectivity index (χ0) is 36.2. The van der Waals surface area contributed by atoms with Crippen LogP contribution in [0, 0.1) is 23.7 Å². The number of nitrogens with one attached hydrogen (secondary N) is 5. The molecule has 1 aromatic rings. The van der Waals surface area contributed by atoms with Gasteiger partial charge < -0.3 is 26.2 Å². The minimum absolute atomic E-state index is 0.0819. The number of amides is 5. The Hall–Kier alpha value is -3.91. The summed E-state index contributed by atoms with van der Waals surface area (Å²) in [5.41, 5.74) is 0. The molecule has 1 aromatic heterocycles. The summed E-state index contributed by atoms with van der Waals surface area (Å²) in [7, 11) is 0. The zero-order valence-electron chi connectivity index (χ0n) is 30.2. The first-order valence-corrected chi connectivity index (χ1v) is 18.1. The summed E-state index contributed by atoms with van der Waals surface area (Å²) < 4.78 is 0. The lowest BCUT2D eigenvalue weighted by Crippen LogP contribution is -2.60. The quantitative estimate of drug-likeness (QED) is 0.106. The van der Waals surface area contributed by atoms with Crippen LogP contribution in [-0.2, 0) is 35.2 Å². The van der Waals surface area contributed by atoms with Crippen LogP contribution >= 0.6 is 0 Å². The van der Waals surface area contributed by atoms with Crippen LogP contribution in [0.3, 0.4) is 0 Å². The van der Waals surface area contributed by atoms with E-state index >= 15 is 0 Å². The lowest BCUT2D eigenvalue weighted by Gasteiger charge is -2.34. The lowest BCUT2D eigenvalue weighted by atomic mass is 9.92. The van der Waals surface area contributed by atoms with Gasteiger partial charge in [0.05, 0.1) is 6.04 Å². The Morgan fingerprint density at radius 2 is 1.61 bits per heavy atom. The van der Waals surface area contributed by atoms with Crippen molar-refractivity contribution in [2.75, 3.05) is 6.54 Å². The van der Waals surface area contributed by atoms with Crippen LogP contribution < -0.4 is 21.3 Å². The molecule has 0 radical (unpaired) electrons. The number of tetrazole rings is 1. The third-order valence-electron chi connectivity index (χ3n) is 9.81. The molecule has 49 heavy (non-hydrogen) atoms. The molecule has 15 nitrogen and oxygen atoms in total. The summed E-state index contributed by atoms with van der Waals surface area (Å²) in [5, 5.41) is 25.0. The molecule has 1 saturated heterocycles. The van der Waals surface area contributed by atoms with E-state index in [1.165, 1.54) is 0 Å². The van der Waals surface area contributed by atoms with Crippen LogP contribution in [0.4, 0.5) is 0 Å². The summed E-state index contributed by atoms with van der Waals surface area (Å²) in [5.74, 6) is -2.94. The molecule has 2 fully saturated rings. The Balaban J connectivity index is 1.71. The summed E-state index contributed by atoms with van der Waals surface area (Å²) in [6.45, 7) is 13.3. The Morgan fingerprint density at radius 3 is 2.22 bits per heavy atom. The number of fused-ring (bicyclic) bond motifs is 1. The molecule has 7 atom stereocenters. The van der Waals surface area contributed by atoms with Gasteiger partial charge in [-0.15, -0.1) is 10.2 Å². The normalized spacial score (nSPS) is 21.1. The Bertz CT molecular complexity index is 1290. The van der Waals surface area contributed by atoms with Crippen molar-refractivity contribution in [3.63, 3.8) is 0 Å². The van der Waals surface area contributed by atoms with Gasteiger partial charge in [0.1, 0.15) is 18.1 Å². The van der Waals surface area contributed by atoms with Gasteiger partial charge in [-0.2, -0.15) is 5.21 Å². The summed E-state index contributed by atoms with van der Waals surface area (Å²) in [6, 6.07) is -3.82. The third-order valence-corrected chi connectivity index (χ3v) is 9.81. The van der Waals surface area contributed by atoms with Crippen molar-refractivity contribution in [2.24, 2.45) is 23.7 Å². The van der Waals surface area contributed by atoms with E-state index in [1.54, 1.807) is 4.90 Å². The molecule has 2 heterocycles. The highest BCUT2D eigenvalue weighted by molar-refractivity contribution is 6.38. The predicted molar refractivity (Wildman–Crippen MR) is 181 cm³/mol. The first-order valence-electron chi connectivity index (χ1n) is 18.1. The van der Waals surface area contributed by atoms with E-state index in [0.717, 1.165) is 19.3 Å². The SMILES string of the molecule is CCCC(NC(=O)[C@@H]1C2CCCC2CN1C(=O)[C@@H](NC(=O)[C@@H](NC(=O)CCCCc1nn[nH]n1)C(C)C)C(C)C)C(=O)C(=O)N[C@@H](C)CC. The molecule has 1 aliphatic carbocycles. The van der Waals surface area contributed by atoms with E-state index in [1.807, 2.05) is 48.5 Å². The number of aromatic amines is 1. The van der Waals surface area contributed by atoms with Crippen LogP contribution in [-0.4, -0.2) is 97.6 Å². The number of unbranched alkanes of at least 4 members (excludes halogenated alkanes) is 1. The van der Waals surface area contributed by atoms with Crippen LogP contribution in [0.1, 0.15) is 112 Å². The number of hydrogen-bond acceptors (Lipinski definition) is 9. The van der Waals surface area contributed by atoms with Crippen LogP contribution in [0.25, 0.3) is 0 Å². The number of ketones is 1. The van der Waals surface area contributed by atoms with Gasteiger partial charge >= 0.3 is 0 Å². The largest absolute Gasteiger partial charge is 0.347 e. The molecule has 3 rings (SSSR count). The second-order valence-electron chi connectivity index (χ2n) is 14.3. The molecule has 0 spiro atoms. The number of aromatic nitrogens is 4. The fourth-order valence-electron chi connectivity index (χ4n) is 6.81. The molecule has 5 N–H and O–H groups in total. The Morgan fingerprint density at radius 1 is 0.898 bits per heavy atom. The Labute approximate surface area is 289 Å². The highest BCUT2D eigenvalue weighted by Crippen LogP contribution is 2.42. The van der Waals surface area contributed by atoms with Crippen molar-refractivity contribution in [3.8, 4) is 0 Å². The first kappa shape index (κ1) is 39.5. The fraction of sp³-hybridized carbons (Fsp3) is 0.794. The van der Waals surface area contributed by atoms with Crippen LogP contribution in [0.15, 0.2) is 0 Å². The molecule has 0 bridgehead atoms. The van der Waals surface area contributed by atoms with Gasteiger partial charge in [-0.1, -0.05) is 59.6 Å². The molecule has 1 aliphatic heterocycles. The average Bonchev–Trinajstić information content (AvgIpc) is 3.81. The first-order chi connectivity index (χ1) is 23.3. The number of hydrogen-bond donors (Lipinski definition) is 5. The van der Waals surface area contributed by atoms with Crippen molar-refractivity contribution in [2.45, 2.75) is 143 Å². The number of aryl methyl sites for hydroxylation is 1. The maximum Gasteiger partial charge on any atom is 0.289 e. The van der Waals surface area contributed by atoms with Gasteiger partial charge in [0.2, 0.25) is 29.4 Å². The fourth-order valence-corrected chi connectivity index (χ4v) is 6.81. The molecule has 0 aromatic carbocycles. The van der Waals surface area contributed by atoms with Gasteiger partial charge in [-0.25, -0.2) is 0 Å². The topological polar surface area (TPSA) is 208 Å². The van der Waals surface area contributed by atoms with Gasteiger partial charge in [0.15, 0.2) is 5.82 Å². The molecule has 15 heteroatoms. The monoisotopic (exact) mass is 687 g/mol. The number of Topliss-reactive ketones (excluding diaryl/α,β-unsaturated/α-hetero) is 1. The minimum Gasteiger partial charge on any atom is -0.347 e. The standard InChI is InChI=1S/C34H57N9O6/c1-8-13-24(30(45)33(48)35-21(7)9-2)36-32(47)29-23-15-12-14-22(23)18-43(29)34(49)28(20(5)6)38-31(46)27(19(3)4)37-26(44)17-11-10-16-25-39-41-42-40-25/h19-24,27-29H,8-18H2,1-7H3,(H,35,48)(H,36,47)(H,37,44)(H,38,46)(H,39,40,41,42)/t21-,22?,23?,24?,27-,28-,29-/m0/s1. The van der Waals surface area contributed by atoms with E-state index in [2.05, 4.69) is 41.9 Å². The molecule has 274 valence electrons. The molecular weight excluding hydrogens is 630 g/mol. The van der Waals surface area contributed by atoms with Crippen molar-refractivity contribution in [1.29, 1.82) is 0 Å². The second kappa shape index (κ2) is 18.7. The summed E-state index contributed by atoms with van der Waals surface area (Å²) >= 11 is 0. The summed E-state index contributed by atoms with van der Waals surface area (Å²) in [4.78, 5) is 82.0. The number of carbonyl (C=O) groups is 6. The number of rotatable bonds is 19. The summed E-state index contributed by atoms with van der Waals surface area (Å²) in [6.07, 6.45) is 6.16. The van der Waals surface area contributed by atoms with E-state index < -0.39 is 47.7 Å². The van der Waals surface area contributed by atoms with E-state index in [0.29, 0.717) is 50.9 Å². The van der Waals surface area contributed by atoms with E-state index in [-0.39, 0.29) is 47.9 Å². The van der Waals surface area contributed by atoms with Crippen LogP contribution in [0.5, 0.6) is 0 Å². The van der Waals surface area contributed by atoms with Crippen LogP contribution in [0.2, 0.25) is 0 Å². The highest BCUT2D eigenvalue weighted by Gasteiger charge is 2.51. The van der Waals surface area contributed by atoms with E-state index in [9.17, 15) is 28.8 Å². The van der Waals surface area contributed by atoms with Crippen molar-refractivity contribution >= 4 is 35.3 Å². The Kier molecular flexibility index (Phi) is 15.1. The molecule has 2 aliphatic rings. The number of H-pyrrole nitrogens is 1. The van der Waals surface area contributed by atoms with E-state index in [4.69, 9.17) is 0 Å². The smallest absolute Gasteiger partial charge is 0.289 e. The maximum absolute atomic E-state index is 14.3. The number of likely N-dealkylation sites (tertiary alicyclic amines) is 1. The molecule has 3 unspecified atom stereocenters. The molecule has 5 amide bonds. The van der Waals surface area contributed by atoms with Gasteiger partial charge in [-0.3, -0.25) is 28.8 Å². The molecule has 1 saturated carbocycles. The predicted octanol–water partition coefficient (Wildman–Crippen LogP) is 1.59. The number of carbonyl (C=O) groups excluding carboxylic acids is 6. The van der Waals surface area contributed by atoms with Gasteiger partial charge in [0.25, 0.3) is 5.91 Å². The van der Waals surface area contributed by atoms with Gasteiger partial charge in [0, 0.05) is 25.4 Å². The second-order valence-corrected chi connectivity index (χ2v) is 14.3. The van der Waals surface area contributed by atoms with Crippen molar-refractivity contribution in [1.82, 2.24) is 46.8 Å². The highest BCUT2D eigenvalue weighted by atomic mass is 16.2. The van der Waals surface area contributed by atoms with Crippen molar-refractivity contribution < 1.29 is 28.8 Å². The average molecular weight is 688 g/mol. The van der Waals surface area contributed by atoms with Gasteiger partial charge in [-0.05, 0) is 69.1 Å². The third kappa shape index (κ3) is 10.8. The maximum atomic E-state index is 14.3. The molecular formula is C34H57N9O6. The minimum atomic E-state index is -1.01. The van der Waals surface area contributed by atoms with Crippen molar-refractivity contribution in [3.05, 3.63) is 5.82 Å². The lowest BCUT2D eigenvalue weighted by molar-refractivity contribution is -0.145. The zero-order valence-corrected chi connectivity index (χ0v) is 30.2.